The number of nitrogens with one attached hydrogen (secondary N) is 2. The fraction of sp³-hybridized carbons (Fsp3) is 0.304. The lowest BCUT2D eigenvalue weighted by Crippen LogP contribution is -2.49. The van der Waals surface area contributed by atoms with Gasteiger partial charge >= 0.3 is 6.03 Å². The second-order valence-corrected chi connectivity index (χ2v) is 7.44. The third-order valence-electron chi connectivity index (χ3n) is 5.29. The van der Waals surface area contributed by atoms with E-state index in [0.29, 0.717) is 5.82 Å². The molecule has 1 aromatic heterocycles. The maximum Gasteiger partial charge on any atom is 0.323 e. The van der Waals surface area contributed by atoms with Gasteiger partial charge in [-0.05, 0) is 24.0 Å². The van der Waals surface area contributed by atoms with E-state index in [1.807, 2.05) is 35.2 Å². The van der Waals surface area contributed by atoms with Crippen LogP contribution < -0.4 is 5.32 Å². The molecule has 0 spiro atoms. The Labute approximate surface area is 171 Å². The lowest BCUT2D eigenvalue weighted by Gasteiger charge is -2.34. The summed E-state index contributed by atoms with van der Waals surface area (Å²) in [7, 11) is 0. The predicted octanol–water partition coefficient (Wildman–Crippen LogP) is 3.54. The van der Waals surface area contributed by atoms with Crippen molar-refractivity contribution in [2.75, 3.05) is 31.5 Å². The Bertz CT molecular complexity index is 901. The maximum absolute atomic E-state index is 12.6. The summed E-state index contributed by atoms with van der Waals surface area (Å²) in [5.74, 6) is 0.657. The third-order valence-corrected chi connectivity index (χ3v) is 5.29. The summed E-state index contributed by atoms with van der Waals surface area (Å²) >= 11 is 0. The average molecular weight is 390 g/mol. The number of rotatable bonds is 6. The lowest BCUT2D eigenvalue weighted by molar-refractivity contribution is 0.143. The number of aromatic nitrogens is 2. The maximum atomic E-state index is 12.6. The highest BCUT2D eigenvalue weighted by molar-refractivity contribution is 5.88. The number of benzene rings is 2. The Kier molecular flexibility index (Phi) is 6.22. The number of hydrogen-bond acceptors (Lipinski definition) is 3. The van der Waals surface area contributed by atoms with Crippen LogP contribution in [0.1, 0.15) is 16.8 Å². The highest BCUT2D eigenvalue weighted by Gasteiger charge is 2.21. The molecule has 0 aliphatic carbocycles. The summed E-state index contributed by atoms with van der Waals surface area (Å²) in [6.07, 6.45) is 1.77. The summed E-state index contributed by atoms with van der Waals surface area (Å²) < 4.78 is 0. The van der Waals surface area contributed by atoms with Crippen LogP contribution in [0.2, 0.25) is 0 Å². The van der Waals surface area contributed by atoms with Gasteiger partial charge in [0, 0.05) is 38.8 Å². The Morgan fingerprint density at radius 3 is 2.24 bits per heavy atom. The quantitative estimate of drug-likeness (QED) is 0.678. The molecular formula is C23H27N5O. The van der Waals surface area contributed by atoms with Crippen molar-refractivity contribution in [2.24, 2.45) is 0 Å². The number of carbonyl (C=O) groups is 1. The molecule has 0 atom stereocenters. The van der Waals surface area contributed by atoms with E-state index in [1.165, 1.54) is 11.1 Å². The minimum Gasteiger partial charge on any atom is -0.322 e. The van der Waals surface area contributed by atoms with Crippen LogP contribution in [0.5, 0.6) is 0 Å². The zero-order valence-corrected chi connectivity index (χ0v) is 16.6. The molecule has 1 aliphatic heterocycles. The van der Waals surface area contributed by atoms with Crippen molar-refractivity contribution in [1.82, 2.24) is 20.0 Å². The van der Waals surface area contributed by atoms with Crippen LogP contribution in [-0.2, 0) is 19.4 Å². The molecule has 0 unspecified atom stereocenters. The van der Waals surface area contributed by atoms with Crippen LogP contribution in [0.15, 0.2) is 66.7 Å². The molecule has 2 N–H and O–H groups in total. The fourth-order valence-corrected chi connectivity index (χ4v) is 3.62. The van der Waals surface area contributed by atoms with Crippen molar-refractivity contribution >= 4 is 11.8 Å². The van der Waals surface area contributed by atoms with Gasteiger partial charge in [0.1, 0.15) is 5.82 Å². The lowest BCUT2D eigenvalue weighted by atomic mass is 10.1. The first kappa shape index (κ1) is 19.2. The predicted molar refractivity (Wildman–Crippen MR) is 115 cm³/mol. The molecule has 6 nitrogen and oxygen atoms in total. The van der Waals surface area contributed by atoms with Crippen molar-refractivity contribution in [3.63, 3.8) is 0 Å². The second kappa shape index (κ2) is 9.39. The van der Waals surface area contributed by atoms with E-state index in [-0.39, 0.29) is 6.03 Å². The summed E-state index contributed by atoms with van der Waals surface area (Å²) in [5.41, 5.74) is 3.55. The van der Waals surface area contributed by atoms with Gasteiger partial charge in [-0.15, -0.1) is 0 Å². The molecule has 1 fully saturated rings. The van der Waals surface area contributed by atoms with E-state index >= 15 is 0 Å². The summed E-state index contributed by atoms with van der Waals surface area (Å²) in [6, 6.07) is 22.7. The Morgan fingerprint density at radius 1 is 0.897 bits per heavy atom. The zero-order valence-electron chi connectivity index (χ0n) is 16.6. The topological polar surface area (TPSA) is 64.3 Å². The molecule has 4 rings (SSSR count). The molecule has 2 amide bonds. The highest BCUT2D eigenvalue weighted by atomic mass is 16.2. The van der Waals surface area contributed by atoms with E-state index in [4.69, 9.17) is 0 Å². The van der Waals surface area contributed by atoms with Gasteiger partial charge < -0.3 is 4.90 Å². The number of piperazine rings is 1. The van der Waals surface area contributed by atoms with E-state index in [9.17, 15) is 4.79 Å². The number of anilines is 1. The number of hydrogen-bond donors (Lipinski definition) is 2. The van der Waals surface area contributed by atoms with Gasteiger partial charge in [0.2, 0.25) is 0 Å². The standard InChI is InChI=1S/C23H27N5O/c29-23(28-15-13-27(14-16-28)18-20-9-5-2-6-10-20)24-22-17-21(25-26-22)12-11-19-7-3-1-4-8-19/h1-10,17H,11-16,18H2,(H2,24,25,26,29). The van der Waals surface area contributed by atoms with Crippen molar-refractivity contribution in [3.05, 3.63) is 83.6 Å². The normalized spacial score (nSPS) is 14.7. The summed E-state index contributed by atoms with van der Waals surface area (Å²) in [5, 5.41) is 10.2. The molecule has 2 aromatic carbocycles. The monoisotopic (exact) mass is 389 g/mol. The number of urea groups is 1. The Hall–Kier alpha value is -3.12. The number of carbonyl (C=O) groups excluding carboxylic acids is 1. The van der Waals surface area contributed by atoms with E-state index in [2.05, 4.69) is 56.8 Å². The number of H-pyrrole nitrogens is 1. The average Bonchev–Trinajstić information content (AvgIpc) is 3.21. The van der Waals surface area contributed by atoms with Gasteiger partial charge in [-0.3, -0.25) is 15.3 Å². The second-order valence-electron chi connectivity index (χ2n) is 7.44. The van der Waals surface area contributed by atoms with Crippen molar-refractivity contribution < 1.29 is 4.79 Å². The molecule has 0 saturated carbocycles. The number of aromatic amines is 1. The van der Waals surface area contributed by atoms with Crippen molar-refractivity contribution in [1.29, 1.82) is 0 Å². The molecule has 29 heavy (non-hydrogen) atoms. The van der Waals surface area contributed by atoms with Gasteiger partial charge in [0.25, 0.3) is 0 Å². The van der Waals surface area contributed by atoms with E-state index in [0.717, 1.165) is 51.3 Å². The smallest absolute Gasteiger partial charge is 0.322 e. The molecule has 150 valence electrons. The largest absolute Gasteiger partial charge is 0.323 e. The first-order valence-electron chi connectivity index (χ1n) is 10.2. The number of aryl methyl sites for hydroxylation is 2. The molecule has 1 aliphatic rings. The van der Waals surface area contributed by atoms with Crippen LogP contribution in [0.3, 0.4) is 0 Å². The van der Waals surface area contributed by atoms with Crippen LogP contribution in [0.4, 0.5) is 10.6 Å². The molecule has 6 heteroatoms. The minimum atomic E-state index is -0.0670. The zero-order chi connectivity index (χ0) is 19.9. The van der Waals surface area contributed by atoms with Crippen LogP contribution in [-0.4, -0.2) is 52.2 Å². The van der Waals surface area contributed by atoms with Gasteiger partial charge in [0.05, 0.1) is 5.69 Å². The van der Waals surface area contributed by atoms with E-state index in [1.54, 1.807) is 0 Å². The SMILES string of the molecule is O=C(Nc1cc(CCc2ccccc2)n[nH]1)N1CCN(Cc2ccccc2)CC1. The minimum absolute atomic E-state index is 0.0670. The Balaban J connectivity index is 1.22. The molecular weight excluding hydrogens is 362 g/mol. The fourth-order valence-electron chi connectivity index (χ4n) is 3.62. The van der Waals surface area contributed by atoms with Crippen LogP contribution >= 0.6 is 0 Å². The first-order valence-corrected chi connectivity index (χ1v) is 10.2. The molecule has 1 saturated heterocycles. The van der Waals surface area contributed by atoms with Crippen molar-refractivity contribution in [2.45, 2.75) is 19.4 Å². The first-order chi connectivity index (χ1) is 14.3. The van der Waals surface area contributed by atoms with Crippen LogP contribution in [0, 0.1) is 0 Å². The molecule has 2 heterocycles. The van der Waals surface area contributed by atoms with Gasteiger partial charge in [-0.25, -0.2) is 4.79 Å². The van der Waals surface area contributed by atoms with Gasteiger partial charge in [0.15, 0.2) is 0 Å². The van der Waals surface area contributed by atoms with Crippen LogP contribution in [0.25, 0.3) is 0 Å². The molecule has 0 bridgehead atoms. The Morgan fingerprint density at radius 2 is 1.55 bits per heavy atom. The van der Waals surface area contributed by atoms with E-state index < -0.39 is 0 Å². The van der Waals surface area contributed by atoms with Gasteiger partial charge in [-0.2, -0.15) is 5.10 Å². The third kappa shape index (κ3) is 5.45. The summed E-state index contributed by atoms with van der Waals surface area (Å²) in [4.78, 5) is 16.8. The van der Waals surface area contributed by atoms with Crippen molar-refractivity contribution in [3.8, 4) is 0 Å². The number of nitrogens with zero attached hydrogens (tertiary/aromatic N) is 3. The highest BCUT2D eigenvalue weighted by Crippen LogP contribution is 2.12. The number of amides is 2. The molecule has 0 radical (unpaired) electrons. The summed E-state index contributed by atoms with van der Waals surface area (Å²) in [6.45, 7) is 4.16. The van der Waals surface area contributed by atoms with Gasteiger partial charge in [-0.1, -0.05) is 60.7 Å². The molecule has 3 aromatic rings.